The number of rotatable bonds is 3. The van der Waals surface area contributed by atoms with Gasteiger partial charge in [-0.1, -0.05) is 60.7 Å². The van der Waals surface area contributed by atoms with Crippen LogP contribution in [0.3, 0.4) is 0 Å². The normalized spacial score (nSPS) is 11.5. The second-order valence-corrected chi connectivity index (χ2v) is 4.82. The molecule has 0 fully saturated rings. The first-order valence-electron chi connectivity index (χ1n) is 5.10. The van der Waals surface area contributed by atoms with E-state index in [1.807, 2.05) is 60.7 Å². The van der Waals surface area contributed by atoms with E-state index in [1.54, 1.807) is 0 Å². The summed E-state index contributed by atoms with van der Waals surface area (Å²) < 4.78 is 11.7. The first-order valence-corrected chi connectivity index (χ1v) is 6.50. The standard InChI is InChI=1S/C13H13NOP/c14-16(15)13(11-7-3-1-4-8-11)12-9-5-2-6-10-12/h1-10,13H,(H2,14,15)/q+1. The zero-order chi connectivity index (χ0) is 11.4. The lowest BCUT2D eigenvalue weighted by atomic mass is 10.0. The summed E-state index contributed by atoms with van der Waals surface area (Å²) in [6, 6.07) is 19.4. The summed E-state index contributed by atoms with van der Waals surface area (Å²) in [5.74, 6) is 0. The second kappa shape index (κ2) is 5.02. The van der Waals surface area contributed by atoms with E-state index in [2.05, 4.69) is 0 Å². The maximum absolute atomic E-state index is 11.7. The zero-order valence-corrected chi connectivity index (χ0v) is 9.68. The van der Waals surface area contributed by atoms with E-state index >= 15 is 0 Å². The molecule has 1 unspecified atom stereocenters. The third-order valence-electron chi connectivity index (χ3n) is 2.49. The van der Waals surface area contributed by atoms with Crippen molar-refractivity contribution < 1.29 is 4.57 Å². The lowest BCUT2D eigenvalue weighted by Gasteiger charge is -2.05. The monoisotopic (exact) mass is 230 g/mol. The van der Waals surface area contributed by atoms with Crippen LogP contribution in [0.1, 0.15) is 16.8 Å². The van der Waals surface area contributed by atoms with E-state index in [0.717, 1.165) is 11.1 Å². The first-order chi connectivity index (χ1) is 7.79. The summed E-state index contributed by atoms with van der Waals surface area (Å²) in [6.45, 7) is 0. The minimum absolute atomic E-state index is 0.211. The Bertz CT molecular complexity index is 430. The van der Waals surface area contributed by atoms with Crippen molar-refractivity contribution >= 4 is 7.95 Å². The van der Waals surface area contributed by atoms with Gasteiger partial charge in [0.2, 0.25) is 5.66 Å². The fraction of sp³-hybridized carbons (Fsp3) is 0.0769. The van der Waals surface area contributed by atoms with E-state index in [0.29, 0.717) is 0 Å². The Morgan fingerprint density at radius 3 is 1.50 bits per heavy atom. The summed E-state index contributed by atoms with van der Waals surface area (Å²) in [4.78, 5) is 0. The SMILES string of the molecule is N[P+](=O)C(c1ccccc1)c1ccccc1. The van der Waals surface area contributed by atoms with E-state index in [4.69, 9.17) is 5.50 Å². The fourth-order valence-electron chi connectivity index (χ4n) is 1.76. The van der Waals surface area contributed by atoms with Crippen LogP contribution in [0.5, 0.6) is 0 Å². The summed E-state index contributed by atoms with van der Waals surface area (Å²) in [6.07, 6.45) is 0. The molecule has 0 aliphatic heterocycles. The largest absolute Gasteiger partial charge is 0.442 e. The smallest absolute Gasteiger partial charge is 0.121 e. The highest BCUT2D eigenvalue weighted by Gasteiger charge is 2.30. The van der Waals surface area contributed by atoms with Gasteiger partial charge in [-0.15, -0.1) is 5.50 Å². The third-order valence-corrected chi connectivity index (χ3v) is 3.59. The molecule has 80 valence electrons. The molecule has 0 aliphatic carbocycles. The van der Waals surface area contributed by atoms with Crippen LogP contribution in [-0.2, 0) is 4.57 Å². The van der Waals surface area contributed by atoms with Crippen LogP contribution in [0.15, 0.2) is 60.7 Å². The Hall–Kier alpha value is -1.50. The van der Waals surface area contributed by atoms with Crippen LogP contribution >= 0.6 is 7.95 Å². The lowest BCUT2D eigenvalue weighted by molar-refractivity contribution is 0.584. The van der Waals surface area contributed by atoms with Crippen LogP contribution < -0.4 is 5.50 Å². The number of benzene rings is 2. The Labute approximate surface area is 96.0 Å². The highest BCUT2D eigenvalue weighted by atomic mass is 31.1. The molecule has 2 N–H and O–H groups in total. The van der Waals surface area contributed by atoms with Crippen LogP contribution in [0.4, 0.5) is 0 Å². The van der Waals surface area contributed by atoms with Gasteiger partial charge in [-0.2, -0.15) is 0 Å². The van der Waals surface area contributed by atoms with Gasteiger partial charge in [0.15, 0.2) is 0 Å². The van der Waals surface area contributed by atoms with Gasteiger partial charge in [0.05, 0.1) is 0 Å². The molecular weight excluding hydrogens is 217 g/mol. The molecule has 0 bridgehead atoms. The van der Waals surface area contributed by atoms with Crippen molar-refractivity contribution in [3.8, 4) is 0 Å². The van der Waals surface area contributed by atoms with Gasteiger partial charge in [-0.25, -0.2) is 0 Å². The Morgan fingerprint density at radius 2 is 1.19 bits per heavy atom. The number of hydrogen-bond acceptors (Lipinski definition) is 1. The molecule has 0 saturated carbocycles. The van der Waals surface area contributed by atoms with Crippen molar-refractivity contribution in [1.29, 1.82) is 0 Å². The van der Waals surface area contributed by atoms with Gasteiger partial charge in [-0.3, -0.25) is 0 Å². The summed E-state index contributed by atoms with van der Waals surface area (Å²) in [5, 5.41) is 0. The summed E-state index contributed by atoms with van der Waals surface area (Å²) in [5.41, 5.74) is 7.39. The molecule has 2 aromatic rings. The molecule has 0 heterocycles. The Kier molecular flexibility index (Phi) is 3.45. The molecule has 3 heteroatoms. The Balaban J connectivity index is 2.44. The molecule has 2 aromatic carbocycles. The van der Waals surface area contributed by atoms with Crippen LogP contribution in [0.2, 0.25) is 0 Å². The van der Waals surface area contributed by atoms with E-state index < -0.39 is 7.95 Å². The molecular formula is C13H13NOP+. The minimum atomic E-state index is -1.77. The molecule has 2 nitrogen and oxygen atoms in total. The molecule has 0 spiro atoms. The first kappa shape index (κ1) is 11.0. The predicted octanol–water partition coefficient (Wildman–Crippen LogP) is 3.48. The van der Waals surface area contributed by atoms with Crippen molar-refractivity contribution in [3.05, 3.63) is 71.8 Å². The summed E-state index contributed by atoms with van der Waals surface area (Å²) >= 11 is 0. The maximum Gasteiger partial charge on any atom is 0.442 e. The number of hydrogen-bond donors (Lipinski definition) is 1. The van der Waals surface area contributed by atoms with Crippen molar-refractivity contribution in [3.63, 3.8) is 0 Å². The van der Waals surface area contributed by atoms with Crippen molar-refractivity contribution in [2.45, 2.75) is 5.66 Å². The van der Waals surface area contributed by atoms with Crippen molar-refractivity contribution in [2.75, 3.05) is 0 Å². The number of nitrogens with two attached hydrogens (primary N) is 1. The molecule has 0 amide bonds. The van der Waals surface area contributed by atoms with Gasteiger partial charge < -0.3 is 0 Å². The van der Waals surface area contributed by atoms with Crippen LogP contribution in [0, 0.1) is 0 Å². The maximum atomic E-state index is 11.7. The average Bonchev–Trinajstić information content (AvgIpc) is 2.31. The van der Waals surface area contributed by atoms with Crippen molar-refractivity contribution in [1.82, 2.24) is 0 Å². The highest BCUT2D eigenvalue weighted by Crippen LogP contribution is 2.40. The lowest BCUT2D eigenvalue weighted by Crippen LogP contribution is -1.99. The minimum Gasteiger partial charge on any atom is -0.121 e. The quantitative estimate of drug-likeness (QED) is 0.820. The Morgan fingerprint density at radius 1 is 0.812 bits per heavy atom. The zero-order valence-electron chi connectivity index (χ0n) is 8.78. The molecule has 0 aliphatic rings. The van der Waals surface area contributed by atoms with Crippen LogP contribution in [0.25, 0.3) is 0 Å². The van der Waals surface area contributed by atoms with E-state index in [1.165, 1.54) is 0 Å². The second-order valence-electron chi connectivity index (χ2n) is 3.58. The molecule has 1 atom stereocenters. The topological polar surface area (TPSA) is 43.1 Å². The van der Waals surface area contributed by atoms with Gasteiger partial charge >= 0.3 is 7.95 Å². The van der Waals surface area contributed by atoms with Crippen molar-refractivity contribution in [2.24, 2.45) is 5.50 Å². The average molecular weight is 230 g/mol. The molecule has 2 rings (SSSR count). The summed E-state index contributed by atoms with van der Waals surface area (Å²) in [7, 11) is -1.77. The highest BCUT2D eigenvalue weighted by molar-refractivity contribution is 7.42. The van der Waals surface area contributed by atoms with Gasteiger partial charge in [-0.05, 0) is 4.57 Å². The molecule has 0 aromatic heterocycles. The molecule has 16 heavy (non-hydrogen) atoms. The van der Waals surface area contributed by atoms with E-state index in [9.17, 15) is 4.57 Å². The van der Waals surface area contributed by atoms with Gasteiger partial charge in [0.25, 0.3) is 0 Å². The van der Waals surface area contributed by atoms with Gasteiger partial charge in [0.1, 0.15) is 0 Å². The fourth-order valence-corrected chi connectivity index (χ4v) is 2.69. The van der Waals surface area contributed by atoms with Crippen LogP contribution in [-0.4, -0.2) is 0 Å². The van der Waals surface area contributed by atoms with E-state index in [-0.39, 0.29) is 5.66 Å². The predicted molar refractivity (Wildman–Crippen MR) is 66.5 cm³/mol. The van der Waals surface area contributed by atoms with Gasteiger partial charge in [0, 0.05) is 11.1 Å². The molecule has 0 radical (unpaired) electrons. The third kappa shape index (κ3) is 2.35. The molecule has 0 saturated heterocycles.